The van der Waals surface area contributed by atoms with E-state index in [1.807, 2.05) is 30.3 Å². The van der Waals surface area contributed by atoms with Gasteiger partial charge in [-0.15, -0.1) is 0 Å². The fourth-order valence-corrected chi connectivity index (χ4v) is 5.31. The molecule has 1 unspecified atom stereocenters. The summed E-state index contributed by atoms with van der Waals surface area (Å²) in [6.07, 6.45) is 0.180. The first-order valence-electron chi connectivity index (χ1n) is 12.3. The van der Waals surface area contributed by atoms with E-state index in [0.29, 0.717) is 21.4 Å². The number of carbonyl (C=O) groups is 2. The number of likely N-dealkylation sites (N-methyl/N-ethyl adjacent to an activating group) is 1. The van der Waals surface area contributed by atoms with E-state index in [1.54, 1.807) is 31.2 Å². The molecule has 0 radical (unpaired) electrons. The van der Waals surface area contributed by atoms with Crippen LogP contribution in [-0.2, 0) is 32.8 Å². The Kier molecular flexibility index (Phi) is 10.4. The topological polar surface area (TPSA) is 90.0 Å². The highest BCUT2D eigenvalue weighted by Crippen LogP contribution is 2.24. The lowest BCUT2D eigenvalue weighted by atomic mass is 10.0. The van der Waals surface area contributed by atoms with E-state index < -0.39 is 40.4 Å². The van der Waals surface area contributed by atoms with E-state index in [9.17, 15) is 22.4 Å². The molecular weight excluding hydrogens is 543 g/mol. The van der Waals surface area contributed by atoms with Gasteiger partial charge in [0.25, 0.3) is 0 Å². The third-order valence-corrected chi connectivity index (χ3v) is 8.04. The molecule has 0 saturated carbocycles. The van der Waals surface area contributed by atoms with Gasteiger partial charge in [-0.25, -0.2) is 8.70 Å². The molecule has 1 N–H and O–H groups in total. The minimum absolute atomic E-state index is 0.0266. The van der Waals surface area contributed by atoms with Gasteiger partial charge in [-0.3, -0.25) is 9.59 Å². The van der Waals surface area contributed by atoms with Crippen LogP contribution in [0.4, 0.5) is 10.1 Å². The summed E-state index contributed by atoms with van der Waals surface area (Å²) in [7, 11) is -1.69. The number of hydrogen-bond donors (Lipinski definition) is 1. The van der Waals surface area contributed by atoms with Crippen molar-refractivity contribution in [1.82, 2.24) is 14.5 Å². The Morgan fingerprint density at radius 3 is 2.21 bits per heavy atom. The first kappa shape index (κ1) is 30.1. The van der Waals surface area contributed by atoms with Crippen molar-refractivity contribution in [3.63, 3.8) is 0 Å². The van der Waals surface area contributed by atoms with Gasteiger partial charge in [-0.1, -0.05) is 66.2 Å². The molecule has 0 aliphatic carbocycles. The third-order valence-electron chi connectivity index (χ3n) is 6.00. The van der Waals surface area contributed by atoms with Gasteiger partial charge in [0.1, 0.15) is 18.4 Å². The zero-order valence-electron chi connectivity index (χ0n) is 22.1. The summed E-state index contributed by atoms with van der Waals surface area (Å²) in [5.74, 6) is -1.89. The van der Waals surface area contributed by atoms with Crippen molar-refractivity contribution in [3.8, 4) is 0 Å². The van der Waals surface area contributed by atoms with Crippen molar-refractivity contribution in [2.45, 2.75) is 25.9 Å². The minimum atomic E-state index is -4.28. The van der Waals surface area contributed by atoms with E-state index in [4.69, 9.17) is 11.6 Å². The van der Waals surface area contributed by atoms with Gasteiger partial charge < -0.3 is 10.2 Å². The molecule has 0 fully saturated rings. The average Bonchev–Trinajstić information content (AvgIpc) is 2.90. The lowest BCUT2D eigenvalue weighted by Gasteiger charge is -2.34. The molecule has 1 atom stereocenters. The minimum Gasteiger partial charge on any atom is -0.355 e. The zero-order valence-corrected chi connectivity index (χ0v) is 23.6. The molecule has 0 aliphatic heterocycles. The number of nitrogens with zero attached hydrogens (tertiary/aromatic N) is 3. The molecule has 3 aromatic rings. The zero-order chi connectivity index (χ0) is 28.6. The van der Waals surface area contributed by atoms with E-state index in [-0.39, 0.29) is 18.7 Å². The third kappa shape index (κ3) is 7.78. The van der Waals surface area contributed by atoms with Crippen LogP contribution in [-0.4, -0.2) is 62.7 Å². The Labute approximate surface area is 234 Å². The summed E-state index contributed by atoms with van der Waals surface area (Å²) in [6, 6.07) is 20.4. The van der Waals surface area contributed by atoms with E-state index >= 15 is 0 Å². The van der Waals surface area contributed by atoms with Crippen molar-refractivity contribution in [3.05, 3.63) is 101 Å². The average molecular weight is 575 g/mol. The van der Waals surface area contributed by atoms with E-state index in [2.05, 4.69) is 5.32 Å². The number of para-hydroxylation sites is 1. The van der Waals surface area contributed by atoms with Crippen LogP contribution in [0.3, 0.4) is 0 Å². The van der Waals surface area contributed by atoms with Gasteiger partial charge in [0.2, 0.25) is 11.8 Å². The fraction of sp³-hybridized carbons (Fsp3) is 0.286. The molecule has 2 amide bonds. The van der Waals surface area contributed by atoms with Crippen LogP contribution >= 0.6 is 11.6 Å². The van der Waals surface area contributed by atoms with Crippen LogP contribution in [0.5, 0.6) is 0 Å². The van der Waals surface area contributed by atoms with Crippen LogP contribution in [0.15, 0.2) is 78.9 Å². The highest BCUT2D eigenvalue weighted by Gasteiger charge is 2.35. The molecule has 0 aliphatic rings. The normalized spacial score (nSPS) is 12.2. The van der Waals surface area contributed by atoms with Crippen LogP contribution in [0.2, 0.25) is 5.02 Å². The number of nitrogens with one attached hydrogen (secondary N) is 1. The fourth-order valence-electron chi connectivity index (χ4n) is 4.03. The maximum atomic E-state index is 14.8. The standard InChI is InChI=1S/C28H32ClFN4O4S/c1-4-31-28(36)26(18-21-11-6-5-7-12-21)33(19-22-13-10-14-23(29)17-22)27(35)20-34(39(37,38)32(2)3)25-16-9-8-15-24(25)30/h5-17,26H,4,18-20H2,1-3H3,(H,31,36). The summed E-state index contributed by atoms with van der Waals surface area (Å²) in [5.41, 5.74) is 1.18. The highest BCUT2D eigenvalue weighted by atomic mass is 35.5. The van der Waals surface area contributed by atoms with Crippen molar-refractivity contribution in [2.75, 3.05) is 31.5 Å². The lowest BCUT2D eigenvalue weighted by Crippen LogP contribution is -2.54. The Balaban J connectivity index is 2.09. The quantitative estimate of drug-likeness (QED) is 0.356. The number of carbonyl (C=O) groups excluding carboxylic acids is 2. The van der Waals surface area contributed by atoms with Gasteiger partial charge in [-0.05, 0) is 42.3 Å². The molecule has 0 spiro atoms. The van der Waals surface area contributed by atoms with Gasteiger partial charge in [0.05, 0.1) is 5.69 Å². The van der Waals surface area contributed by atoms with Crippen molar-refractivity contribution in [2.24, 2.45) is 0 Å². The SMILES string of the molecule is CCNC(=O)C(Cc1ccccc1)N(Cc1cccc(Cl)c1)C(=O)CN(c1ccccc1F)S(=O)(=O)N(C)C. The second-order valence-corrected chi connectivity index (χ2v) is 11.5. The van der Waals surface area contributed by atoms with Crippen molar-refractivity contribution >= 4 is 39.3 Å². The van der Waals surface area contributed by atoms with E-state index in [1.165, 1.54) is 37.2 Å². The molecule has 39 heavy (non-hydrogen) atoms. The summed E-state index contributed by atoms with van der Waals surface area (Å²) in [4.78, 5) is 28.7. The summed E-state index contributed by atoms with van der Waals surface area (Å²) >= 11 is 6.19. The van der Waals surface area contributed by atoms with Gasteiger partial charge in [0.15, 0.2) is 0 Å². The maximum absolute atomic E-state index is 14.8. The summed E-state index contributed by atoms with van der Waals surface area (Å²) in [5, 5.41) is 3.23. The van der Waals surface area contributed by atoms with Crippen LogP contribution in [0, 0.1) is 5.82 Å². The van der Waals surface area contributed by atoms with Crippen molar-refractivity contribution < 1.29 is 22.4 Å². The van der Waals surface area contributed by atoms with Crippen LogP contribution < -0.4 is 9.62 Å². The Hall–Kier alpha value is -3.47. The summed E-state index contributed by atoms with van der Waals surface area (Å²) in [6.45, 7) is 1.34. The van der Waals surface area contributed by atoms with Gasteiger partial charge >= 0.3 is 10.2 Å². The first-order chi connectivity index (χ1) is 18.5. The molecule has 0 bridgehead atoms. The first-order valence-corrected chi connectivity index (χ1v) is 14.1. The molecule has 8 nitrogen and oxygen atoms in total. The van der Waals surface area contributed by atoms with Gasteiger partial charge in [-0.2, -0.15) is 12.7 Å². The predicted molar refractivity (Wildman–Crippen MR) is 151 cm³/mol. The summed E-state index contributed by atoms with van der Waals surface area (Å²) < 4.78 is 43.0. The largest absolute Gasteiger partial charge is 0.355 e. The van der Waals surface area contributed by atoms with Crippen LogP contribution in [0.1, 0.15) is 18.1 Å². The Morgan fingerprint density at radius 2 is 1.59 bits per heavy atom. The molecule has 0 heterocycles. The molecule has 11 heteroatoms. The molecule has 0 saturated heterocycles. The lowest BCUT2D eigenvalue weighted by molar-refractivity contribution is -0.140. The van der Waals surface area contributed by atoms with Crippen LogP contribution in [0.25, 0.3) is 0 Å². The van der Waals surface area contributed by atoms with Crippen molar-refractivity contribution in [1.29, 1.82) is 0 Å². The number of halogens is 2. The smallest absolute Gasteiger partial charge is 0.304 e. The second kappa shape index (κ2) is 13.5. The second-order valence-electron chi connectivity index (χ2n) is 9.00. The molecular formula is C28H32ClFN4O4S. The maximum Gasteiger partial charge on any atom is 0.304 e. The molecule has 3 aromatic carbocycles. The number of hydrogen-bond acceptors (Lipinski definition) is 4. The Bertz CT molecular complexity index is 1390. The van der Waals surface area contributed by atoms with E-state index in [0.717, 1.165) is 15.9 Å². The van der Waals surface area contributed by atoms with Gasteiger partial charge in [0, 0.05) is 38.6 Å². The highest BCUT2D eigenvalue weighted by molar-refractivity contribution is 7.90. The molecule has 3 rings (SSSR count). The molecule has 0 aromatic heterocycles. The number of amides is 2. The predicted octanol–water partition coefficient (Wildman–Crippen LogP) is 3.87. The number of rotatable bonds is 12. The monoisotopic (exact) mass is 574 g/mol. The molecule has 208 valence electrons. The Morgan fingerprint density at radius 1 is 0.949 bits per heavy atom. The number of anilines is 1. The number of benzene rings is 3.